The Bertz CT molecular complexity index is 1140. The van der Waals surface area contributed by atoms with Crippen LogP contribution in [0.25, 0.3) is 0 Å². The summed E-state index contributed by atoms with van der Waals surface area (Å²) in [7, 11) is -3.68. The van der Waals surface area contributed by atoms with Gasteiger partial charge in [-0.15, -0.1) is 11.3 Å². The standard InChI is InChI=1S/C23H25N3O3S2/c1-17(25-31(28,29)22-7-4-14-30-22)23(27)24-15-18-8-10-19(11-9-18)16-26-13-12-20-5-2-3-6-21(20)26/h2-11,14,17,25H,12-13,15-16H2,1H3,(H,24,27). The summed E-state index contributed by atoms with van der Waals surface area (Å²) < 4.78 is 27.1. The third-order valence-electron chi connectivity index (χ3n) is 5.33. The summed E-state index contributed by atoms with van der Waals surface area (Å²) in [5.41, 5.74) is 4.87. The smallest absolute Gasteiger partial charge is 0.250 e. The van der Waals surface area contributed by atoms with Crippen LogP contribution < -0.4 is 14.9 Å². The second-order valence-electron chi connectivity index (χ2n) is 7.61. The van der Waals surface area contributed by atoms with Crippen LogP contribution in [0.2, 0.25) is 0 Å². The first-order valence-corrected chi connectivity index (χ1v) is 12.5. The molecule has 0 saturated carbocycles. The van der Waals surface area contributed by atoms with E-state index in [1.807, 2.05) is 12.1 Å². The summed E-state index contributed by atoms with van der Waals surface area (Å²) >= 11 is 1.12. The van der Waals surface area contributed by atoms with Gasteiger partial charge in [-0.1, -0.05) is 48.5 Å². The molecule has 6 nitrogen and oxygen atoms in total. The first kappa shape index (κ1) is 21.5. The van der Waals surface area contributed by atoms with Gasteiger partial charge in [0.2, 0.25) is 5.91 Å². The first-order chi connectivity index (χ1) is 14.9. The van der Waals surface area contributed by atoms with E-state index in [4.69, 9.17) is 0 Å². The fourth-order valence-corrected chi connectivity index (χ4v) is 5.87. The van der Waals surface area contributed by atoms with Gasteiger partial charge >= 0.3 is 0 Å². The fraction of sp³-hybridized carbons (Fsp3) is 0.261. The second kappa shape index (κ2) is 9.21. The fourth-order valence-electron chi connectivity index (χ4n) is 3.66. The van der Waals surface area contributed by atoms with Crippen molar-refractivity contribution in [1.82, 2.24) is 10.0 Å². The van der Waals surface area contributed by atoms with Gasteiger partial charge in [0.25, 0.3) is 10.0 Å². The number of hydrogen-bond acceptors (Lipinski definition) is 5. The third kappa shape index (κ3) is 5.15. The van der Waals surface area contributed by atoms with Gasteiger partial charge in [-0.2, -0.15) is 4.72 Å². The molecular formula is C23H25N3O3S2. The van der Waals surface area contributed by atoms with Crippen LogP contribution in [-0.2, 0) is 34.3 Å². The van der Waals surface area contributed by atoms with Gasteiger partial charge < -0.3 is 10.2 Å². The predicted molar refractivity (Wildman–Crippen MR) is 124 cm³/mol. The molecule has 2 aromatic carbocycles. The highest BCUT2D eigenvalue weighted by molar-refractivity contribution is 7.91. The molecule has 4 rings (SSSR count). The summed E-state index contributed by atoms with van der Waals surface area (Å²) in [4.78, 5) is 14.7. The van der Waals surface area contributed by atoms with Gasteiger partial charge in [0, 0.05) is 25.3 Å². The highest BCUT2D eigenvalue weighted by Gasteiger charge is 2.22. The second-order valence-corrected chi connectivity index (χ2v) is 10.5. The number of nitrogens with zero attached hydrogens (tertiary/aromatic N) is 1. The van der Waals surface area contributed by atoms with Crippen LogP contribution in [0.5, 0.6) is 0 Å². The van der Waals surface area contributed by atoms with E-state index in [-0.39, 0.29) is 10.1 Å². The van der Waals surface area contributed by atoms with Crippen LogP contribution in [-0.4, -0.2) is 26.9 Å². The lowest BCUT2D eigenvalue weighted by molar-refractivity contribution is -0.122. The molecule has 0 fully saturated rings. The van der Waals surface area contributed by atoms with Gasteiger partial charge in [0.1, 0.15) is 4.21 Å². The topological polar surface area (TPSA) is 78.5 Å². The van der Waals surface area contributed by atoms with Gasteiger partial charge in [-0.05, 0) is 47.5 Å². The van der Waals surface area contributed by atoms with E-state index in [0.29, 0.717) is 6.54 Å². The molecule has 3 aromatic rings. The Morgan fingerprint density at radius 1 is 1.06 bits per heavy atom. The minimum atomic E-state index is -3.68. The van der Waals surface area contributed by atoms with Crippen molar-refractivity contribution in [3.05, 3.63) is 82.7 Å². The molecule has 1 aliphatic rings. The van der Waals surface area contributed by atoms with Crippen molar-refractivity contribution in [1.29, 1.82) is 0 Å². The number of amides is 1. The number of rotatable bonds is 8. The van der Waals surface area contributed by atoms with Crippen molar-refractivity contribution in [3.63, 3.8) is 0 Å². The van der Waals surface area contributed by atoms with Crippen molar-refractivity contribution < 1.29 is 13.2 Å². The Morgan fingerprint density at radius 2 is 1.81 bits per heavy atom. The number of carbonyl (C=O) groups excluding carboxylic acids is 1. The van der Waals surface area contributed by atoms with E-state index in [1.54, 1.807) is 11.4 Å². The average molecular weight is 456 g/mol. The molecule has 0 spiro atoms. The van der Waals surface area contributed by atoms with Crippen LogP contribution in [0.4, 0.5) is 5.69 Å². The Morgan fingerprint density at radius 3 is 2.55 bits per heavy atom. The third-order valence-corrected chi connectivity index (χ3v) is 8.27. The Labute approximate surface area is 187 Å². The maximum atomic E-state index is 12.3. The van der Waals surface area contributed by atoms with E-state index < -0.39 is 16.1 Å². The lowest BCUT2D eigenvalue weighted by Crippen LogP contribution is -2.44. The number of para-hydroxylation sites is 1. The molecule has 2 N–H and O–H groups in total. The maximum absolute atomic E-state index is 12.3. The molecule has 0 radical (unpaired) electrons. The summed E-state index contributed by atoms with van der Waals surface area (Å²) in [6.45, 7) is 3.76. The molecule has 1 aromatic heterocycles. The van der Waals surface area contributed by atoms with Crippen molar-refractivity contribution in [2.45, 2.75) is 36.7 Å². The molecular weight excluding hydrogens is 430 g/mol. The summed E-state index contributed by atoms with van der Waals surface area (Å²) in [5.74, 6) is -0.363. The number of sulfonamides is 1. The van der Waals surface area contributed by atoms with E-state index in [0.717, 1.165) is 36.4 Å². The van der Waals surface area contributed by atoms with Crippen LogP contribution in [0.1, 0.15) is 23.6 Å². The highest BCUT2D eigenvalue weighted by atomic mass is 32.2. The number of carbonyl (C=O) groups is 1. The molecule has 1 atom stereocenters. The monoisotopic (exact) mass is 455 g/mol. The van der Waals surface area contributed by atoms with E-state index in [9.17, 15) is 13.2 Å². The normalized spacial score (nSPS) is 14.3. The largest absolute Gasteiger partial charge is 0.367 e. The number of benzene rings is 2. The molecule has 1 aliphatic heterocycles. The Kier molecular flexibility index (Phi) is 6.41. The number of fused-ring (bicyclic) bond motifs is 1. The molecule has 1 unspecified atom stereocenters. The highest BCUT2D eigenvalue weighted by Crippen LogP contribution is 2.28. The number of anilines is 1. The van der Waals surface area contributed by atoms with E-state index in [1.165, 1.54) is 29.8 Å². The molecule has 1 amide bonds. The Hall–Kier alpha value is -2.68. The van der Waals surface area contributed by atoms with Crippen molar-refractivity contribution >= 4 is 33.0 Å². The summed E-state index contributed by atoms with van der Waals surface area (Å²) in [6.07, 6.45) is 1.08. The molecule has 31 heavy (non-hydrogen) atoms. The zero-order valence-corrected chi connectivity index (χ0v) is 18.9. The van der Waals surface area contributed by atoms with Crippen LogP contribution >= 0.6 is 11.3 Å². The van der Waals surface area contributed by atoms with Gasteiger partial charge in [0.05, 0.1) is 6.04 Å². The summed E-state index contributed by atoms with van der Waals surface area (Å²) in [6, 6.07) is 19.0. The molecule has 8 heteroatoms. The molecule has 0 bridgehead atoms. The van der Waals surface area contributed by atoms with Crippen molar-refractivity contribution in [3.8, 4) is 0 Å². The van der Waals surface area contributed by atoms with Crippen molar-refractivity contribution in [2.75, 3.05) is 11.4 Å². The first-order valence-electron chi connectivity index (χ1n) is 10.2. The minimum absolute atomic E-state index is 0.198. The van der Waals surface area contributed by atoms with E-state index in [2.05, 4.69) is 51.3 Å². The van der Waals surface area contributed by atoms with Crippen LogP contribution in [0.15, 0.2) is 70.3 Å². The van der Waals surface area contributed by atoms with Crippen molar-refractivity contribution in [2.24, 2.45) is 0 Å². The van der Waals surface area contributed by atoms with Crippen LogP contribution in [0.3, 0.4) is 0 Å². The molecule has 2 heterocycles. The zero-order chi connectivity index (χ0) is 21.8. The zero-order valence-electron chi connectivity index (χ0n) is 17.2. The Balaban J connectivity index is 1.29. The predicted octanol–water partition coefficient (Wildman–Crippen LogP) is 3.29. The van der Waals surface area contributed by atoms with Gasteiger partial charge in [-0.3, -0.25) is 4.79 Å². The molecule has 0 saturated heterocycles. The SMILES string of the molecule is CC(NS(=O)(=O)c1cccs1)C(=O)NCc1ccc(CN2CCc3ccccc32)cc1. The lowest BCUT2D eigenvalue weighted by atomic mass is 10.1. The maximum Gasteiger partial charge on any atom is 0.250 e. The quantitative estimate of drug-likeness (QED) is 0.546. The molecule has 162 valence electrons. The van der Waals surface area contributed by atoms with E-state index >= 15 is 0 Å². The average Bonchev–Trinajstić information content (AvgIpc) is 3.44. The van der Waals surface area contributed by atoms with Gasteiger partial charge in [-0.25, -0.2) is 8.42 Å². The molecule has 0 aliphatic carbocycles. The van der Waals surface area contributed by atoms with Gasteiger partial charge in [0.15, 0.2) is 0 Å². The minimum Gasteiger partial charge on any atom is -0.367 e. The number of nitrogens with one attached hydrogen (secondary N) is 2. The van der Waals surface area contributed by atoms with Crippen LogP contribution in [0, 0.1) is 0 Å². The lowest BCUT2D eigenvalue weighted by Gasteiger charge is -2.19. The number of thiophene rings is 1. The summed E-state index contributed by atoms with van der Waals surface area (Å²) in [5, 5.41) is 4.49. The number of hydrogen-bond donors (Lipinski definition) is 2.